The number of hydrogen-bond donors (Lipinski definition) is 0. The highest BCUT2D eigenvalue weighted by Crippen LogP contribution is 2.32. The van der Waals surface area contributed by atoms with Gasteiger partial charge in [0.05, 0.1) is 26.3 Å². The van der Waals surface area contributed by atoms with E-state index >= 15 is 0 Å². The number of rotatable bonds is 4. The maximum absolute atomic E-state index is 13.3. The number of aryl methyl sites for hydroxylation is 3. The average Bonchev–Trinajstić information content (AvgIpc) is 3.11. The van der Waals surface area contributed by atoms with Crippen molar-refractivity contribution in [3.8, 4) is 5.69 Å². The van der Waals surface area contributed by atoms with Crippen LogP contribution in [0.15, 0.2) is 51.2 Å². The van der Waals surface area contributed by atoms with Crippen molar-refractivity contribution in [1.82, 2.24) is 9.55 Å². The summed E-state index contributed by atoms with van der Waals surface area (Å²) in [4.78, 5) is 18.9. The van der Waals surface area contributed by atoms with Gasteiger partial charge in [-0.15, -0.1) is 11.8 Å². The van der Waals surface area contributed by atoms with E-state index in [0.717, 1.165) is 45.1 Å². The number of aromatic nitrogens is 2. The van der Waals surface area contributed by atoms with Gasteiger partial charge in [-0.05, 0) is 54.8 Å². The molecule has 0 aliphatic carbocycles. The Morgan fingerprint density at radius 3 is 2.57 bits per heavy atom. The molecule has 1 aliphatic rings. The quantitative estimate of drug-likeness (QED) is 0.356. The molecule has 0 radical (unpaired) electrons. The SMILES string of the molecule is Cc1cc(C)cc(-n2c(SCc3ccc(Cl)c(Cl)c3)nc3c(c2=O)SCC3)c1. The molecule has 0 fully saturated rings. The van der Waals surface area contributed by atoms with Gasteiger partial charge in [0.15, 0.2) is 5.16 Å². The molecule has 0 amide bonds. The molecule has 0 bridgehead atoms. The Hall–Kier alpha value is -1.40. The maximum atomic E-state index is 13.3. The second-order valence-corrected chi connectivity index (χ2v) is 9.65. The van der Waals surface area contributed by atoms with Crippen molar-refractivity contribution < 1.29 is 0 Å². The lowest BCUT2D eigenvalue weighted by molar-refractivity contribution is 0.738. The molecule has 0 spiro atoms. The van der Waals surface area contributed by atoms with Crippen LogP contribution in [0.5, 0.6) is 0 Å². The van der Waals surface area contributed by atoms with Crippen LogP contribution in [-0.2, 0) is 12.2 Å². The summed E-state index contributed by atoms with van der Waals surface area (Å²) in [5.74, 6) is 1.56. The molecule has 3 nitrogen and oxygen atoms in total. The molecule has 2 heterocycles. The van der Waals surface area contributed by atoms with Crippen molar-refractivity contribution in [2.24, 2.45) is 0 Å². The van der Waals surface area contributed by atoms with Crippen LogP contribution < -0.4 is 5.56 Å². The molecule has 2 aromatic carbocycles. The standard InChI is InChI=1S/C21H18Cl2N2OS2/c1-12-7-13(2)9-15(8-12)25-20(26)19-18(5-6-27-19)24-21(25)28-11-14-3-4-16(22)17(23)10-14/h3-4,7-10H,5-6,11H2,1-2H3. The summed E-state index contributed by atoms with van der Waals surface area (Å²) in [6.45, 7) is 4.08. The fourth-order valence-electron chi connectivity index (χ4n) is 3.27. The fourth-order valence-corrected chi connectivity index (χ4v) is 5.59. The number of hydrogen-bond acceptors (Lipinski definition) is 4. The molecule has 1 aliphatic heterocycles. The van der Waals surface area contributed by atoms with E-state index in [1.54, 1.807) is 34.2 Å². The molecular weight excluding hydrogens is 431 g/mol. The highest BCUT2D eigenvalue weighted by molar-refractivity contribution is 7.99. The molecule has 0 saturated heterocycles. The summed E-state index contributed by atoms with van der Waals surface area (Å²) in [6, 6.07) is 11.8. The molecular formula is C21H18Cl2N2OS2. The van der Waals surface area contributed by atoms with Gasteiger partial charge in [0.2, 0.25) is 0 Å². The summed E-state index contributed by atoms with van der Waals surface area (Å²) >= 11 is 15.3. The van der Waals surface area contributed by atoms with E-state index in [2.05, 4.69) is 6.07 Å². The van der Waals surface area contributed by atoms with Gasteiger partial charge in [-0.2, -0.15) is 0 Å². The van der Waals surface area contributed by atoms with Crippen LogP contribution in [0.4, 0.5) is 0 Å². The first-order chi connectivity index (χ1) is 13.4. The Morgan fingerprint density at radius 1 is 1.11 bits per heavy atom. The van der Waals surface area contributed by atoms with Crippen molar-refractivity contribution in [2.45, 2.75) is 36.1 Å². The molecule has 3 aromatic rings. The Labute approximate surface area is 182 Å². The van der Waals surface area contributed by atoms with Crippen LogP contribution in [0.25, 0.3) is 5.69 Å². The third-order valence-corrected chi connectivity index (χ3v) is 7.34. The Morgan fingerprint density at radius 2 is 1.86 bits per heavy atom. The van der Waals surface area contributed by atoms with Gasteiger partial charge in [-0.25, -0.2) is 4.98 Å². The van der Waals surface area contributed by atoms with E-state index in [-0.39, 0.29) is 5.56 Å². The fraction of sp³-hybridized carbons (Fsp3) is 0.238. The minimum atomic E-state index is 0.0224. The van der Waals surface area contributed by atoms with Crippen LogP contribution in [0.2, 0.25) is 10.0 Å². The highest BCUT2D eigenvalue weighted by Gasteiger charge is 2.22. The summed E-state index contributed by atoms with van der Waals surface area (Å²) in [7, 11) is 0. The van der Waals surface area contributed by atoms with Crippen LogP contribution >= 0.6 is 46.7 Å². The smallest absolute Gasteiger partial charge is 0.268 e. The number of fused-ring (bicyclic) bond motifs is 1. The zero-order valence-electron chi connectivity index (χ0n) is 15.5. The number of nitrogens with zero attached hydrogens (tertiary/aromatic N) is 2. The first-order valence-electron chi connectivity index (χ1n) is 8.86. The van der Waals surface area contributed by atoms with E-state index in [4.69, 9.17) is 28.2 Å². The average molecular weight is 449 g/mol. The van der Waals surface area contributed by atoms with Crippen molar-refractivity contribution in [1.29, 1.82) is 0 Å². The molecule has 144 valence electrons. The topological polar surface area (TPSA) is 34.9 Å². The zero-order valence-corrected chi connectivity index (χ0v) is 18.6. The van der Waals surface area contributed by atoms with Gasteiger partial charge in [0.1, 0.15) is 0 Å². The van der Waals surface area contributed by atoms with E-state index in [1.807, 2.05) is 38.1 Å². The summed E-state index contributed by atoms with van der Waals surface area (Å²) in [5, 5.41) is 1.78. The Kier molecular flexibility index (Phi) is 5.79. The number of halogens is 2. The lowest BCUT2D eigenvalue weighted by Gasteiger charge is -2.15. The second-order valence-electron chi connectivity index (χ2n) is 6.79. The monoisotopic (exact) mass is 448 g/mol. The Bertz CT molecular complexity index is 1110. The molecule has 7 heteroatoms. The largest absolute Gasteiger partial charge is 0.272 e. The molecule has 0 N–H and O–H groups in total. The predicted molar refractivity (Wildman–Crippen MR) is 120 cm³/mol. The lowest BCUT2D eigenvalue weighted by atomic mass is 10.1. The van der Waals surface area contributed by atoms with Gasteiger partial charge in [-0.1, -0.05) is 47.1 Å². The maximum Gasteiger partial charge on any atom is 0.272 e. The minimum Gasteiger partial charge on any atom is -0.268 e. The summed E-state index contributed by atoms with van der Waals surface area (Å²) in [6.07, 6.45) is 0.837. The molecule has 0 saturated carbocycles. The van der Waals surface area contributed by atoms with Gasteiger partial charge >= 0.3 is 0 Å². The van der Waals surface area contributed by atoms with Crippen molar-refractivity contribution in [3.63, 3.8) is 0 Å². The van der Waals surface area contributed by atoms with Crippen LogP contribution in [0, 0.1) is 13.8 Å². The van der Waals surface area contributed by atoms with E-state index < -0.39 is 0 Å². The van der Waals surface area contributed by atoms with Gasteiger partial charge < -0.3 is 0 Å². The third-order valence-electron chi connectivity index (χ3n) is 4.48. The predicted octanol–water partition coefficient (Wildman–Crippen LogP) is 6.10. The lowest BCUT2D eigenvalue weighted by Crippen LogP contribution is -2.24. The van der Waals surface area contributed by atoms with Crippen molar-refractivity contribution in [3.05, 3.63) is 79.2 Å². The zero-order chi connectivity index (χ0) is 19.8. The minimum absolute atomic E-state index is 0.0224. The first kappa shape index (κ1) is 19.9. The van der Waals surface area contributed by atoms with Gasteiger partial charge in [-0.3, -0.25) is 9.36 Å². The summed E-state index contributed by atoms with van der Waals surface area (Å²) in [5.41, 5.74) is 5.07. The van der Waals surface area contributed by atoms with E-state index in [9.17, 15) is 4.79 Å². The van der Waals surface area contributed by atoms with E-state index in [0.29, 0.717) is 21.0 Å². The van der Waals surface area contributed by atoms with Crippen LogP contribution in [0.1, 0.15) is 22.4 Å². The summed E-state index contributed by atoms with van der Waals surface area (Å²) < 4.78 is 1.75. The van der Waals surface area contributed by atoms with Crippen molar-refractivity contribution in [2.75, 3.05) is 5.75 Å². The molecule has 1 aromatic heterocycles. The van der Waals surface area contributed by atoms with Crippen molar-refractivity contribution >= 4 is 46.7 Å². The van der Waals surface area contributed by atoms with Crippen LogP contribution in [0.3, 0.4) is 0 Å². The first-order valence-corrected chi connectivity index (χ1v) is 11.6. The number of benzene rings is 2. The molecule has 4 rings (SSSR count). The number of thioether (sulfide) groups is 2. The second kappa shape index (κ2) is 8.15. The van der Waals surface area contributed by atoms with Gasteiger partial charge in [0.25, 0.3) is 5.56 Å². The normalized spacial score (nSPS) is 13.0. The third kappa shape index (κ3) is 3.99. The Balaban J connectivity index is 1.78. The van der Waals surface area contributed by atoms with Gasteiger partial charge in [0, 0.05) is 17.9 Å². The van der Waals surface area contributed by atoms with E-state index in [1.165, 1.54) is 0 Å². The highest BCUT2D eigenvalue weighted by atomic mass is 35.5. The molecule has 0 unspecified atom stereocenters. The molecule has 0 atom stereocenters. The molecule has 28 heavy (non-hydrogen) atoms. The van der Waals surface area contributed by atoms with Crippen LogP contribution in [-0.4, -0.2) is 15.3 Å².